The summed E-state index contributed by atoms with van der Waals surface area (Å²) in [6.45, 7) is 3.01. The molecule has 0 bridgehead atoms. The lowest BCUT2D eigenvalue weighted by atomic mass is 10.0. The number of halogens is 1. The number of carbonyl (C=O) groups is 3. The number of amides is 3. The number of aryl methyl sites for hydroxylation is 1. The Labute approximate surface area is 307 Å². The van der Waals surface area contributed by atoms with Gasteiger partial charge in [-0.25, -0.2) is 4.98 Å². The number of nitrogens with one attached hydrogen (secondary N) is 3. The van der Waals surface area contributed by atoms with Crippen LogP contribution in [0.25, 0.3) is 10.9 Å². The van der Waals surface area contributed by atoms with Crippen molar-refractivity contribution in [1.82, 2.24) is 25.5 Å². The number of rotatable bonds is 19. The van der Waals surface area contributed by atoms with E-state index in [-0.39, 0.29) is 12.3 Å². The van der Waals surface area contributed by atoms with Gasteiger partial charge in [-0.05, 0) is 93.1 Å². The molecular formula is C37H46ClN9O3S. The quantitative estimate of drug-likeness (QED) is 0.0772. The molecule has 51 heavy (non-hydrogen) atoms. The molecule has 14 heteroatoms. The Morgan fingerprint density at radius 1 is 1.04 bits per heavy atom. The number of nitriles is 1. The highest BCUT2D eigenvalue weighted by atomic mass is 35.5. The minimum absolute atomic E-state index is 0.213. The van der Waals surface area contributed by atoms with E-state index in [9.17, 15) is 19.6 Å². The number of likely N-dealkylation sites (N-methyl/N-ethyl adjacent to an activating group) is 1. The second-order valence-corrected chi connectivity index (χ2v) is 13.8. The van der Waals surface area contributed by atoms with Crippen LogP contribution in [0.5, 0.6) is 0 Å². The number of nitrogens with two attached hydrogens (primary N) is 3. The molecule has 4 aromatic rings. The molecule has 0 fully saturated rings. The summed E-state index contributed by atoms with van der Waals surface area (Å²) in [6, 6.07) is 14.4. The van der Waals surface area contributed by atoms with Gasteiger partial charge in [-0.1, -0.05) is 47.6 Å². The SMILES string of the molecule is Cc1cc(C#N)cc(Cl)c1Sc1ncccc1CN[C@@H](CCCN)C(=O)N[C@@H](CCCCN)C(=O)N(C)[C@@H](Cc1c[nH]c2ccccc12)C(N)=O. The highest BCUT2D eigenvalue weighted by molar-refractivity contribution is 7.99. The van der Waals surface area contributed by atoms with Crippen LogP contribution >= 0.6 is 23.4 Å². The third kappa shape index (κ3) is 10.5. The second-order valence-electron chi connectivity index (χ2n) is 12.4. The van der Waals surface area contributed by atoms with Crippen LogP contribution < -0.4 is 27.8 Å². The fourth-order valence-electron chi connectivity index (χ4n) is 5.91. The van der Waals surface area contributed by atoms with Crippen LogP contribution in [-0.2, 0) is 27.3 Å². The van der Waals surface area contributed by atoms with Crippen molar-refractivity contribution in [2.45, 2.75) is 80.0 Å². The summed E-state index contributed by atoms with van der Waals surface area (Å²) in [5, 5.41) is 17.7. The maximum Gasteiger partial charge on any atom is 0.245 e. The molecule has 0 unspecified atom stereocenters. The Morgan fingerprint density at radius 3 is 2.49 bits per heavy atom. The number of fused-ring (bicyclic) bond motifs is 1. The summed E-state index contributed by atoms with van der Waals surface area (Å²) >= 11 is 7.92. The highest BCUT2D eigenvalue weighted by Gasteiger charge is 2.33. The van der Waals surface area contributed by atoms with Gasteiger partial charge < -0.3 is 37.7 Å². The van der Waals surface area contributed by atoms with Crippen molar-refractivity contribution in [3.05, 3.63) is 88.2 Å². The maximum absolute atomic E-state index is 14.0. The first-order chi connectivity index (χ1) is 24.6. The molecule has 2 heterocycles. The molecule has 2 aromatic heterocycles. The average molecular weight is 732 g/mol. The zero-order valence-corrected chi connectivity index (χ0v) is 30.5. The number of para-hydroxylation sites is 1. The van der Waals surface area contributed by atoms with Gasteiger partial charge in [0.2, 0.25) is 17.7 Å². The van der Waals surface area contributed by atoms with Gasteiger partial charge in [0.05, 0.1) is 22.7 Å². The molecule has 3 amide bonds. The summed E-state index contributed by atoms with van der Waals surface area (Å²) in [5.41, 5.74) is 21.4. The number of aromatic nitrogens is 2. The summed E-state index contributed by atoms with van der Waals surface area (Å²) < 4.78 is 0. The normalized spacial score (nSPS) is 12.9. The first-order valence-corrected chi connectivity index (χ1v) is 18.1. The number of unbranched alkanes of at least 4 members (excludes halogenated alkanes) is 1. The molecule has 0 radical (unpaired) electrons. The van der Waals surface area contributed by atoms with Crippen molar-refractivity contribution in [3.8, 4) is 6.07 Å². The standard InChI is InChI=1S/C37H46ClN9O3S/c1-23-17-24(20-41)18-28(38)33(23)51-36-25(9-8-16-43-36)21-45-30(13-7-15-40)35(49)46-31(12-5-6-14-39)37(50)47(2)32(34(42)48)19-26-22-44-29-11-4-3-10-27(26)29/h3-4,8-11,16-18,22,30-32,44-45H,5-7,12-15,19,21,39-40H2,1-2H3,(H2,42,48)(H,46,49)/t30-,31-,32-/m0/s1. The summed E-state index contributed by atoms with van der Waals surface area (Å²) in [7, 11) is 1.54. The van der Waals surface area contributed by atoms with E-state index in [0.29, 0.717) is 67.4 Å². The number of pyridine rings is 1. The molecule has 270 valence electrons. The van der Waals surface area contributed by atoms with Crippen LogP contribution in [0.4, 0.5) is 0 Å². The summed E-state index contributed by atoms with van der Waals surface area (Å²) in [4.78, 5) is 50.6. The van der Waals surface area contributed by atoms with Crippen LogP contribution in [0.15, 0.2) is 70.8 Å². The lowest BCUT2D eigenvalue weighted by Crippen LogP contribution is -2.56. The summed E-state index contributed by atoms with van der Waals surface area (Å²) in [5.74, 6) is -1.42. The topological polar surface area (TPSA) is 209 Å². The van der Waals surface area contributed by atoms with Crippen molar-refractivity contribution in [1.29, 1.82) is 5.26 Å². The van der Waals surface area contributed by atoms with Crippen LogP contribution in [0.2, 0.25) is 5.02 Å². The van der Waals surface area contributed by atoms with Gasteiger partial charge in [0, 0.05) is 48.2 Å². The lowest BCUT2D eigenvalue weighted by Gasteiger charge is -2.31. The fourth-order valence-corrected chi connectivity index (χ4v) is 7.25. The van der Waals surface area contributed by atoms with Gasteiger partial charge in [-0.2, -0.15) is 5.26 Å². The van der Waals surface area contributed by atoms with Crippen LogP contribution in [0.3, 0.4) is 0 Å². The number of aromatic amines is 1. The van der Waals surface area contributed by atoms with Gasteiger partial charge in [0.15, 0.2) is 0 Å². The Hall–Kier alpha value is -4.45. The van der Waals surface area contributed by atoms with E-state index in [0.717, 1.165) is 32.5 Å². The molecule has 9 N–H and O–H groups in total. The number of nitrogens with zero attached hydrogens (tertiary/aromatic N) is 3. The van der Waals surface area contributed by atoms with E-state index in [1.807, 2.05) is 49.5 Å². The number of H-pyrrole nitrogens is 1. The fraction of sp³-hybridized carbons (Fsp3) is 0.378. The first-order valence-electron chi connectivity index (χ1n) is 16.9. The predicted molar refractivity (Wildman–Crippen MR) is 201 cm³/mol. The average Bonchev–Trinajstić information content (AvgIpc) is 3.54. The third-order valence-corrected chi connectivity index (χ3v) is 10.5. The Morgan fingerprint density at radius 2 is 1.78 bits per heavy atom. The van der Waals surface area contributed by atoms with E-state index in [4.69, 9.17) is 28.8 Å². The largest absolute Gasteiger partial charge is 0.368 e. The molecule has 0 saturated carbocycles. The molecule has 3 atom stereocenters. The summed E-state index contributed by atoms with van der Waals surface area (Å²) in [6.07, 6.45) is 6.31. The minimum Gasteiger partial charge on any atom is -0.368 e. The molecular weight excluding hydrogens is 686 g/mol. The van der Waals surface area contributed by atoms with Gasteiger partial charge in [-0.3, -0.25) is 14.4 Å². The molecule has 0 spiro atoms. The van der Waals surface area contributed by atoms with Gasteiger partial charge in [0.1, 0.15) is 17.1 Å². The number of benzene rings is 2. The molecule has 12 nitrogen and oxygen atoms in total. The van der Waals surface area contributed by atoms with Crippen LogP contribution in [0.1, 0.15) is 54.4 Å². The van der Waals surface area contributed by atoms with Crippen LogP contribution in [0, 0.1) is 18.3 Å². The van der Waals surface area contributed by atoms with E-state index >= 15 is 0 Å². The smallest absolute Gasteiger partial charge is 0.245 e. The first kappa shape index (κ1) is 39.3. The van der Waals surface area contributed by atoms with Gasteiger partial charge in [0.25, 0.3) is 0 Å². The van der Waals surface area contributed by atoms with Crippen molar-refractivity contribution in [3.63, 3.8) is 0 Å². The molecule has 2 aromatic carbocycles. The minimum atomic E-state index is -0.938. The number of hydrogen-bond acceptors (Lipinski definition) is 9. The molecule has 0 saturated heterocycles. The van der Waals surface area contributed by atoms with E-state index in [1.54, 1.807) is 25.4 Å². The molecule has 0 aliphatic carbocycles. The zero-order valence-electron chi connectivity index (χ0n) is 29.0. The van der Waals surface area contributed by atoms with E-state index in [1.165, 1.54) is 16.7 Å². The Kier molecular flexibility index (Phi) is 14.8. The third-order valence-electron chi connectivity index (χ3n) is 8.75. The lowest BCUT2D eigenvalue weighted by molar-refractivity contribution is -0.141. The highest BCUT2D eigenvalue weighted by Crippen LogP contribution is 2.37. The number of carbonyl (C=O) groups excluding carboxylic acids is 3. The zero-order chi connectivity index (χ0) is 36.9. The van der Waals surface area contributed by atoms with Crippen molar-refractivity contribution in [2.75, 3.05) is 20.1 Å². The molecule has 4 rings (SSSR count). The van der Waals surface area contributed by atoms with Gasteiger partial charge >= 0.3 is 0 Å². The Balaban J connectivity index is 1.51. The monoisotopic (exact) mass is 731 g/mol. The van der Waals surface area contributed by atoms with Crippen molar-refractivity contribution >= 4 is 52.0 Å². The van der Waals surface area contributed by atoms with E-state index in [2.05, 4.69) is 26.7 Å². The molecule has 0 aliphatic rings. The molecule has 0 aliphatic heterocycles. The van der Waals surface area contributed by atoms with Crippen molar-refractivity contribution < 1.29 is 14.4 Å². The van der Waals surface area contributed by atoms with E-state index < -0.39 is 29.9 Å². The van der Waals surface area contributed by atoms with Crippen molar-refractivity contribution in [2.24, 2.45) is 17.2 Å². The number of hydrogen-bond donors (Lipinski definition) is 6. The van der Waals surface area contributed by atoms with Gasteiger partial charge in [-0.15, -0.1) is 0 Å². The predicted octanol–water partition coefficient (Wildman–Crippen LogP) is 3.91. The Bertz CT molecular complexity index is 1840. The van der Waals surface area contributed by atoms with Crippen LogP contribution in [-0.4, -0.2) is 70.9 Å². The second kappa shape index (κ2) is 19.2. The number of primary amides is 1. The maximum atomic E-state index is 14.0.